The molecule has 2 heterocycles. The number of halogens is 1. The van der Waals surface area contributed by atoms with Crippen LogP contribution in [0.5, 0.6) is 0 Å². The van der Waals surface area contributed by atoms with E-state index in [0.29, 0.717) is 17.6 Å². The van der Waals surface area contributed by atoms with Gasteiger partial charge in [-0.2, -0.15) is 0 Å². The Hall–Kier alpha value is -1.76. The van der Waals surface area contributed by atoms with Gasteiger partial charge in [0.15, 0.2) is 5.82 Å². The van der Waals surface area contributed by atoms with Gasteiger partial charge in [-0.25, -0.2) is 15.0 Å². The first-order valence-corrected chi connectivity index (χ1v) is 7.99. The number of nitrogen functional groups attached to an aromatic ring is 1. The van der Waals surface area contributed by atoms with Gasteiger partial charge in [-0.3, -0.25) is 0 Å². The number of pyridine rings is 1. The molecule has 1 saturated carbocycles. The molecule has 5 heteroatoms. The van der Waals surface area contributed by atoms with Crippen LogP contribution in [0.3, 0.4) is 0 Å². The lowest BCUT2D eigenvalue weighted by Crippen LogP contribution is -2.05. The Labute approximate surface area is 136 Å². The molecule has 0 radical (unpaired) electrons. The Bertz CT molecular complexity index is 843. The predicted molar refractivity (Wildman–Crippen MR) is 91.9 cm³/mol. The molecule has 0 unspecified atom stereocenters. The maximum absolute atomic E-state index is 6.05. The Kier molecular flexibility index (Phi) is 3.02. The third-order valence-corrected chi connectivity index (χ3v) is 4.80. The molecular formula is C16H13IN4. The Morgan fingerprint density at radius 3 is 2.62 bits per heavy atom. The van der Waals surface area contributed by atoms with Crippen molar-refractivity contribution >= 4 is 39.3 Å². The third-order valence-electron chi connectivity index (χ3n) is 3.69. The van der Waals surface area contributed by atoms with Gasteiger partial charge in [0, 0.05) is 11.3 Å². The molecule has 104 valence electrons. The van der Waals surface area contributed by atoms with Crippen LogP contribution in [0.15, 0.2) is 36.4 Å². The topological polar surface area (TPSA) is 64.7 Å². The summed E-state index contributed by atoms with van der Waals surface area (Å²) < 4.78 is 0.986. The lowest BCUT2D eigenvalue weighted by molar-refractivity contribution is 0.978. The van der Waals surface area contributed by atoms with E-state index >= 15 is 0 Å². The standard InChI is InChI=1S/C16H13IN4/c17-13-14(10-5-6-10)20-16(21-15(13)18)12-8-7-9-3-1-2-4-11(9)19-12/h1-4,7-8,10H,5-6H2,(H2,18,20,21). The van der Waals surface area contributed by atoms with E-state index in [4.69, 9.17) is 10.7 Å². The Balaban J connectivity index is 1.87. The van der Waals surface area contributed by atoms with Crippen LogP contribution < -0.4 is 5.73 Å². The quantitative estimate of drug-likeness (QED) is 0.680. The zero-order chi connectivity index (χ0) is 14.4. The summed E-state index contributed by atoms with van der Waals surface area (Å²) in [5.41, 5.74) is 8.85. The fraction of sp³-hybridized carbons (Fsp3) is 0.188. The van der Waals surface area contributed by atoms with Crippen molar-refractivity contribution in [2.45, 2.75) is 18.8 Å². The lowest BCUT2D eigenvalue weighted by Gasteiger charge is -2.08. The Morgan fingerprint density at radius 2 is 1.81 bits per heavy atom. The van der Waals surface area contributed by atoms with Crippen LogP contribution in [0.25, 0.3) is 22.4 Å². The van der Waals surface area contributed by atoms with Gasteiger partial charge < -0.3 is 5.73 Å². The SMILES string of the molecule is Nc1nc(-c2ccc3ccccc3n2)nc(C2CC2)c1I. The minimum atomic E-state index is 0.543. The highest BCUT2D eigenvalue weighted by Gasteiger charge is 2.29. The van der Waals surface area contributed by atoms with Crippen LogP contribution in [-0.2, 0) is 0 Å². The second kappa shape index (κ2) is 4.91. The molecule has 0 atom stereocenters. The summed E-state index contributed by atoms with van der Waals surface area (Å²) in [6, 6.07) is 12.0. The Morgan fingerprint density at radius 1 is 1.00 bits per heavy atom. The largest absolute Gasteiger partial charge is 0.383 e. The van der Waals surface area contributed by atoms with Gasteiger partial charge in [0.1, 0.15) is 11.5 Å². The second-order valence-corrected chi connectivity index (χ2v) is 6.37. The molecule has 0 spiro atoms. The highest BCUT2D eigenvalue weighted by Crippen LogP contribution is 2.42. The zero-order valence-electron chi connectivity index (χ0n) is 11.3. The first-order chi connectivity index (χ1) is 10.2. The summed E-state index contributed by atoms with van der Waals surface area (Å²) >= 11 is 2.24. The maximum atomic E-state index is 6.05. The summed E-state index contributed by atoms with van der Waals surface area (Å²) in [5.74, 6) is 1.72. The molecule has 4 rings (SSSR count). The first-order valence-electron chi connectivity index (χ1n) is 6.91. The first kappa shape index (κ1) is 12.9. The predicted octanol–water partition coefficient (Wildman–Crippen LogP) is 3.76. The van der Waals surface area contributed by atoms with E-state index in [-0.39, 0.29) is 0 Å². The number of nitrogens with zero attached hydrogens (tertiary/aromatic N) is 3. The van der Waals surface area contributed by atoms with Crippen molar-refractivity contribution in [3.8, 4) is 11.5 Å². The second-order valence-electron chi connectivity index (χ2n) is 5.30. The number of fused-ring (bicyclic) bond motifs is 1. The van der Waals surface area contributed by atoms with Crippen molar-refractivity contribution in [3.63, 3.8) is 0 Å². The number of aromatic nitrogens is 3. The van der Waals surface area contributed by atoms with E-state index in [2.05, 4.69) is 32.6 Å². The van der Waals surface area contributed by atoms with Crippen molar-refractivity contribution < 1.29 is 0 Å². The molecule has 1 aliphatic carbocycles. The average molecular weight is 388 g/mol. The fourth-order valence-corrected chi connectivity index (χ4v) is 3.10. The summed E-state index contributed by atoms with van der Waals surface area (Å²) in [6.45, 7) is 0. The van der Waals surface area contributed by atoms with Crippen molar-refractivity contribution in [1.29, 1.82) is 0 Å². The van der Waals surface area contributed by atoms with Crippen LogP contribution in [0.4, 0.5) is 5.82 Å². The molecule has 1 aliphatic rings. The van der Waals surface area contributed by atoms with E-state index in [0.717, 1.165) is 25.9 Å². The number of para-hydroxylation sites is 1. The third kappa shape index (κ3) is 2.35. The molecule has 0 aliphatic heterocycles. The van der Waals surface area contributed by atoms with Crippen molar-refractivity contribution in [2.75, 3.05) is 5.73 Å². The van der Waals surface area contributed by atoms with Crippen LogP contribution in [0.1, 0.15) is 24.5 Å². The van der Waals surface area contributed by atoms with Crippen molar-refractivity contribution in [2.24, 2.45) is 0 Å². The summed E-state index contributed by atoms with van der Waals surface area (Å²) in [4.78, 5) is 13.8. The molecule has 3 aromatic rings. The normalized spacial score (nSPS) is 14.5. The lowest BCUT2D eigenvalue weighted by atomic mass is 10.2. The fourth-order valence-electron chi connectivity index (χ4n) is 2.41. The van der Waals surface area contributed by atoms with Gasteiger partial charge in [0.25, 0.3) is 0 Å². The summed E-state index contributed by atoms with van der Waals surface area (Å²) in [7, 11) is 0. The highest BCUT2D eigenvalue weighted by molar-refractivity contribution is 14.1. The van der Waals surface area contributed by atoms with E-state index in [1.54, 1.807) is 0 Å². The molecule has 1 aromatic carbocycles. The number of nitrogens with two attached hydrogens (primary N) is 1. The van der Waals surface area contributed by atoms with Crippen molar-refractivity contribution in [1.82, 2.24) is 15.0 Å². The molecule has 2 aromatic heterocycles. The monoisotopic (exact) mass is 388 g/mol. The number of anilines is 1. The molecule has 0 bridgehead atoms. The molecule has 2 N–H and O–H groups in total. The van der Waals surface area contributed by atoms with E-state index in [1.807, 2.05) is 36.4 Å². The smallest absolute Gasteiger partial charge is 0.180 e. The van der Waals surface area contributed by atoms with Crippen LogP contribution >= 0.6 is 22.6 Å². The van der Waals surface area contributed by atoms with Gasteiger partial charge in [0.05, 0.1) is 14.8 Å². The minimum absolute atomic E-state index is 0.543. The van der Waals surface area contributed by atoms with Gasteiger partial charge in [0.2, 0.25) is 0 Å². The van der Waals surface area contributed by atoms with Gasteiger partial charge >= 0.3 is 0 Å². The van der Waals surface area contributed by atoms with Crippen LogP contribution in [0, 0.1) is 3.57 Å². The number of benzene rings is 1. The highest BCUT2D eigenvalue weighted by atomic mass is 127. The average Bonchev–Trinajstić information content (AvgIpc) is 3.34. The van der Waals surface area contributed by atoms with E-state index in [1.165, 1.54) is 12.8 Å². The molecule has 21 heavy (non-hydrogen) atoms. The van der Waals surface area contributed by atoms with Gasteiger partial charge in [-0.05, 0) is 47.6 Å². The molecule has 1 fully saturated rings. The molecule has 0 amide bonds. The molecule has 4 nitrogen and oxygen atoms in total. The van der Waals surface area contributed by atoms with Crippen molar-refractivity contribution in [3.05, 3.63) is 45.7 Å². The van der Waals surface area contributed by atoms with E-state index < -0.39 is 0 Å². The summed E-state index contributed by atoms with van der Waals surface area (Å²) in [5, 5.41) is 1.11. The number of rotatable bonds is 2. The number of hydrogen-bond acceptors (Lipinski definition) is 4. The molecule has 0 saturated heterocycles. The number of hydrogen-bond donors (Lipinski definition) is 1. The summed E-state index contributed by atoms with van der Waals surface area (Å²) in [6.07, 6.45) is 2.38. The van der Waals surface area contributed by atoms with Crippen LogP contribution in [-0.4, -0.2) is 15.0 Å². The van der Waals surface area contributed by atoms with Crippen LogP contribution in [0.2, 0.25) is 0 Å². The zero-order valence-corrected chi connectivity index (χ0v) is 13.4. The van der Waals surface area contributed by atoms with Gasteiger partial charge in [-0.15, -0.1) is 0 Å². The van der Waals surface area contributed by atoms with Gasteiger partial charge in [-0.1, -0.05) is 24.3 Å². The maximum Gasteiger partial charge on any atom is 0.180 e. The molecular weight excluding hydrogens is 375 g/mol. The van der Waals surface area contributed by atoms with E-state index in [9.17, 15) is 0 Å². The minimum Gasteiger partial charge on any atom is -0.383 e.